The minimum absolute atomic E-state index is 0.00688. The van der Waals surface area contributed by atoms with Crippen molar-refractivity contribution < 1.29 is 28.9 Å². The van der Waals surface area contributed by atoms with Gasteiger partial charge in [-0.15, -0.1) is 0 Å². The Morgan fingerprint density at radius 3 is 2.47 bits per heavy atom. The summed E-state index contributed by atoms with van der Waals surface area (Å²) in [6.07, 6.45) is -0.0131. The predicted molar refractivity (Wildman–Crippen MR) is 114 cm³/mol. The van der Waals surface area contributed by atoms with Crippen molar-refractivity contribution in [1.82, 2.24) is 0 Å². The molecule has 3 aliphatic rings. The predicted octanol–water partition coefficient (Wildman–Crippen LogP) is 3.78. The van der Waals surface area contributed by atoms with Crippen molar-refractivity contribution in [1.29, 1.82) is 0 Å². The maximum absolute atomic E-state index is 14.0. The molecule has 7 heteroatoms. The van der Waals surface area contributed by atoms with Crippen LogP contribution in [0.1, 0.15) is 38.4 Å². The smallest absolute Gasteiger partial charge is 0.238 e. The number of ether oxygens (including phenoxy) is 1. The van der Waals surface area contributed by atoms with Crippen LogP contribution in [0.2, 0.25) is 0 Å². The van der Waals surface area contributed by atoms with Crippen LogP contribution in [0.5, 0.6) is 5.75 Å². The highest BCUT2D eigenvalue weighted by Crippen LogP contribution is 2.59. The van der Waals surface area contributed by atoms with Gasteiger partial charge in [-0.05, 0) is 48.6 Å². The topological polar surface area (TPSA) is 87.1 Å². The molecule has 32 heavy (non-hydrogen) atoms. The molecule has 6 nitrogen and oxygen atoms in total. The number of hydrogen-bond donors (Lipinski definition) is 2. The Morgan fingerprint density at radius 1 is 1.09 bits per heavy atom. The van der Waals surface area contributed by atoms with E-state index in [0.29, 0.717) is 17.7 Å². The van der Waals surface area contributed by atoms with E-state index in [0.717, 1.165) is 0 Å². The second-order valence-corrected chi connectivity index (χ2v) is 9.48. The van der Waals surface area contributed by atoms with Gasteiger partial charge in [0.25, 0.3) is 0 Å². The molecule has 0 radical (unpaired) electrons. The molecule has 2 N–H and O–H groups in total. The van der Waals surface area contributed by atoms with Gasteiger partial charge in [-0.1, -0.05) is 38.1 Å². The fraction of sp³-hybridized carbons (Fsp3) is 0.440. The number of anilines is 1. The third-order valence-electron chi connectivity index (χ3n) is 7.44. The van der Waals surface area contributed by atoms with E-state index in [1.54, 1.807) is 30.3 Å². The molecule has 0 bridgehead atoms. The maximum Gasteiger partial charge on any atom is 0.238 e. The fourth-order valence-corrected chi connectivity index (χ4v) is 5.93. The van der Waals surface area contributed by atoms with Crippen molar-refractivity contribution in [3.05, 3.63) is 59.9 Å². The molecular formula is C25H26FNO5. The molecule has 2 heterocycles. The first-order valence-electron chi connectivity index (χ1n) is 11.0. The largest absolute Gasteiger partial charge is 0.505 e. The zero-order valence-electron chi connectivity index (χ0n) is 17.9. The fourth-order valence-electron chi connectivity index (χ4n) is 5.93. The summed E-state index contributed by atoms with van der Waals surface area (Å²) in [4.78, 5) is 28.1. The molecule has 5 rings (SSSR count). The summed E-state index contributed by atoms with van der Waals surface area (Å²) in [5.74, 6) is -5.56. The van der Waals surface area contributed by atoms with Gasteiger partial charge < -0.3 is 14.9 Å². The summed E-state index contributed by atoms with van der Waals surface area (Å²) in [7, 11) is 0. The molecule has 2 aromatic carbocycles. The molecule has 1 aliphatic carbocycles. The summed E-state index contributed by atoms with van der Waals surface area (Å²) in [5, 5.41) is 21.3. The van der Waals surface area contributed by atoms with Crippen molar-refractivity contribution in [2.45, 2.75) is 38.6 Å². The number of nitrogens with zero attached hydrogens (tertiary/aromatic N) is 1. The van der Waals surface area contributed by atoms with Crippen molar-refractivity contribution in [3.8, 4) is 5.75 Å². The number of aliphatic hydroxyl groups is 1. The molecule has 1 saturated carbocycles. The lowest BCUT2D eigenvalue weighted by molar-refractivity contribution is -0.276. The van der Waals surface area contributed by atoms with Gasteiger partial charge in [0.2, 0.25) is 11.8 Å². The Bertz CT molecular complexity index is 1070. The number of phenols is 1. The first-order chi connectivity index (χ1) is 15.2. The number of carbonyl (C=O) groups is 2. The average molecular weight is 439 g/mol. The van der Waals surface area contributed by atoms with Crippen LogP contribution in [0.15, 0.2) is 48.5 Å². The van der Waals surface area contributed by atoms with Gasteiger partial charge in [-0.25, -0.2) is 4.39 Å². The quantitative estimate of drug-likeness (QED) is 0.711. The van der Waals surface area contributed by atoms with Crippen LogP contribution in [-0.2, 0) is 14.3 Å². The summed E-state index contributed by atoms with van der Waals surface area (Å²) in [6.45, 7) is 3.93. The lowest BCUT2D eigenvalue weighted by Gasteiger charge is -2.46. The molecule has 6 atom stereocenters. The molecule has 2 saturated heterocycles. The second-order valence-electron chi connectivity index (χ2n) is 9.48. The van der Waals surface area contributed by atoms with Crippen LogP contribution in [-0.4, -0.2) is 27.8 Å². The van der Waals surface area contributed by atoms with Gasteiger partial charge in [-0.3, -0.25) is 14.5 Å². The molecule has 2 aliphatic heterocycles. The van der Waals surface area contributed by atoms with Crippen molar-refractivity contribution in [3.63, 3.8) is 0 Å². The molecule has 0 aromatic heterocycles. The van der Waals surface area contributed by atoms with E-state index in [-0.39, 0.29) is 30.1 Å². The lowest BCUT2D eigenvalue weighted by atomic mass is 9.62. The van der Waals surface area contributed by atoms with Gasteiger partial charge in [0.1, 0.15) is 0 Å². The Kier molecular flexibility index (Phi) is 4.87. The van der Waals surface area contributed by atoms with Gasteiger partial charge in [0, 0.05) is 11.8 Å². The number of para-hydroxylation sites is 1. The zero-order valence-corrected chi connectivity index (χ0v) is 17.9. The monoisotopic (exact) mass is 439 g/mol. The highest BCUT2D eigenvalue weighted by atomic mass is 19.1. The van der Waals surface area contributed by atoms with E-state index in [4.69, 9.17) is 4.74 Å². The van der Waals surface area contributed by atoms with Crippen LogP contribution in [0.3, 0.4) is 0 Å². The maximum atomic E-state index is 14.0. The molecule has 3 fully saturated rings. The molecule has 168 valence electrons. The standard InChI is InChI=1S/C25H26FNO5/c1-13(2)17-11-16-22(24(30)27(23(16)29)15-6-4-3-5-7-15)18-12-21(32-25(17,18)31)14-8-9-20(28)19(26)10-14/h3-10,13,16-18,21-22,28,31H,11-12H2,1-2H3/t16-,17+,18-,21-,22-,25+/m0/s1. The Morgan fingerprint density at radius 2 is 1.81 bits per heavy atom. The van der Waals surface area contributed by atoms with E-state index >= 15 is 0 Å². The molecule has 2 aromatic rings. The van der Waals surface area contributed by atoms with Crippen LogP contribution >= 0.6 is 0 Å². The van der Waals surface area contributed by atoms with Crippen molar-refractivity contribution in [2.24, 2.45) is 29.6 Å². The lowest BCUT2D eigenvalue weighted by Crippen LogP contribution is -2.55. The van der Waals surface area contributed by atoms with Crippen LogP contribution < -0.4 is 4.90 Å². The van der Waals surface area contributed by atoms with Crippen LogP contribution in [0, 0.1) is 35.4 Å². The van der Waals surface area contributed by atoms with Crippen molar-refractivity contribution in [2.75, 3.05) is 4.90 Å². The minimum atomic E-state index is -1.60. The Labute approximate surface area is 185 Å². The summed E-state index contributed by atoms with van der Waals surface area (Å²) in [6, 6.07) is 12.8. The Balaban J connectivity index is 1.54. The Hall–Kier alpha value is -2.77. The minimum Gasteiger partial charge on any atom is -0.505 e. The zero-order chi connectivity index (χ0) is 22.8. The number of fused-ring (bicyclic) bond motifs is 3. The first-order valence-corrected chi connectivity index (χ1v) is 11.0. The number of aromatic hydroxyl groups is 1. The number of imide groups is 1. The molecular weight excluding hydrogens is 413 g/mol. The van der Waals surface area contributed by atoms with Crippen LogP contribution in [0.25, 0.3) is 0 Å². The third-order valence-corrected chi connectivity index (χ3v) is 7.44. The van der Waals surface area contributed by atoms with E-state index < -0.39 is 41.2 Å². The summed E-state index contributed by atoms with van der Waals surface area (Å²) in [5.41, 5.74) is 1.01. The number of benzene rings is 2. The van der Waals surface area contributed by atoms with Crippen LogP contribution in [0.4, 0.5) is 10.1 Å². The van der Waals surface area contributed by atoms with Gasteiger partial charge >= 0.3 is 0 Å². The molecule has 2 amide bonds. The van der Waals surface area contributed by atoms with E-state index in [1.165, 1.54) is 17.0 Å². The number of rotatable bonds is 3. The SMILES string of the molecule is CC(C)[C@H]1C[C@@H]2C(=O)N(c3ccccc3)C(=O)[C@@H]2[C@@H]2C[C@@H](c3ccc(O)c(F)c3)O[C@]12O. The normalized spacial score (nSPS) is 34.2. The number of phenolic OH excluding ortho intramolecular Hbond substituents is 1. The number of hydrogen-bond acceptors (Lipinski definition) is 5. The number of carbonyl (C=O) groups excluding carboxylic acids is 2. The van der Waals surface area contributed by atoms with E-state index in [2.05, 4.69) is 0 Å². The average Bonchev–Trinajstić information content (AvgIpc) is 3.24. The molecule has 0 spiro atoms. The highest BCUT2D eigenvalue weighted by Gasteiger charge is 2.67. The summed E-state index contributed by atoms with van der Waals surface area (Å²) >= 11 is 0. The highest BCUT2D eigenvalue weighted by molar-refractivity contribution is 6.22. The number of amides is 2. The van der Waals surface area contributed by atoms with Gasteiger partial charge in [-0.2, -0.15) is 0 Å². The second kappa shape index (κ2) is 7.39. The third kappa shape index (κ3) is 2.98. The molecule has 0 unspecified atom stereocenters. The van der Waals surface area contributed by atoms with Crippen molar-refractivity contribution >= 4 is 17.5 Å². The number of halogens is 1. The van der Waals surface area contributed by atoms with Gasteiger partial charge in [0.05, 0.1) is 23.6 Å². The van der Waals surface area contributed by atoms with E-state index in [1.807, 2.05) is 19.9 Å². The first kappa shape index (κ1) is 21.1. The summed E-state index contributed by atoms with van der Waals surface area (Å²) < 4.78 is 20.2. The van der Waals surface area contributed by atoms with Gasteiger partial charge in [0.15, 0.2) is 17.4 Å². The van der Waals surface area contributed by atoms with E-state index in [9.17, 15) is 24.2 Å².